The summed E-state index contributed by atoms with van der Waals surface area (Å²) in [7, 11) is 1.97. The molecule has 0 radical (unpaired) electrons. The summed E-state index contributed by atoms with van der Waals surface area (Å²) in [5, 5.41) is 4.49. The average Bonchev–Trinajstić information content (AvgIpc) is 2.78. The highest BCUT2D eigenvalue weighted by Gasteiger charge is 2.54. The van der Waals surface area contributed by atoms with E-state index in [1.54, 1.807) is 0 Å². The zero-order valence-electron chi connectivity index (χ0n) is 13.3. The Labute approximate surface area is 127 Å². The van der Waals surface area contributed by atoms with Crippen molar-refractivity contribution in [2.24, 2.45) is 30.2 Å². The molecular formula is C18H26N2O. The van der Waals surface area contributed by atoms with Crippen LogP contribution in [0.4, 0.5) is 0 Å². The lowest BCUT2D eigenvalue weighted by Gasteiger charge is -2.56. The summed E-state index contributed by atoms with van der Waals surface area (Å²) >= 11 is 0. The molecule has 0 N–H and O–H groups in total. The van der Waals surface area contributed by atoms with Crippen LogP contribution in [-0.2, 0) is 24.7 Å². The Kier molecular flexibility index (Phi) is 3.02. The fourth-order valence-electron chi connectivity index (χ4n) is 5.71. The van der Waals surface area contributed by atoms with Crippen LogP contribution in [0, 0.1) is 23.2 Å². The number of aryl methyl sites for hydroxylation is 2. The third kappa shape index (κ3) is 2.16. The summed E-state index contributed by atoms with van der Waals surface area (Å²) in [5.74, 6) is 3.04. The first-order valence-electron chi connectivity index (χ1n) is 8.63. The minimum absolute atomic E-state index is 0.0331. The Morgan fingerprint density at radius 1 is 1.24 bits per heavy atom. The predicted molar refractivity (Wildman–Crippen MR) is 81.9 cm³/mol. The van der Waals surface area contributed by atoms with Gasteiger partial charge in [-0.15, -0.1) is 0 Å². The number of aromatic nitrogens is 2. The molecule has 0 atom stereocenters. The van der Waals surface area contributed by atoms with Crippen LogP contribution in [0.2, 0.25) is 0 Å². The average molecular weight is 286 g/mol. The highest BCUT2D eigenvalue weighted by atomic mass is 16.1. The molecular weight excluding hydrogens is 260 g/mol. The Bertz CT molecular complexity index is 536. The minimum atomic E-state index is 0.0331. The normalized spacial score (nSPS) is 37.1. The van der Waals surface area contributed by atoms with Crippen LogP contribution >= 0.6 is 0 Å². The molecule has 4 saturated carbocycles. The molecule has 1 aromatic heterocycles. The van der Waals surface area contributed by atoms with Crippen molar-refractivity contribution in [3.05, 3.63) is 17.5 Å². The van der Waals surface area contributed by atoms with Gasteiger partial charge in [0.2, 0.25) is 0 Å². The van der Waals surface area contributed by atoms with Crippen LogP contribution in [-0.4, -0.2) is 15.6 Å². The number of carbonyl (C=O) groups is 1. The summed E-state index contributed by atoms with van der Waals surface area (Å²) in [6.07, 6.45) is 9.27. The summed E-state index contributed by atoms with van der Waals surface area (Å²) in [5.41, 5.74) is 2.24. The zero-order chi connectivity index (χ0) is 14.6. The van der Waals surface area contributed by atoms with Crippen molar-refractivity contribution in [3.63, 3.8) is 0 Å². The second kappa shape index (κ2) is 4.69. The van der Waals surface area contributed by atoms with Gasteiger partial charge in [0.1, 0.15) is 5.78 Å². The van der Waals surface area contributed by atoms with E-state index in [0.29, 0.717) is 12.2 Å². The molecule has 1 aromatic rings. The van der Waals surface area contributed by atoms with Gasteiger partial charge in [0.05, 0.1) is 5.69 Å². The highest BCUT2D eigenvalue weighted by Crippen LogP contribution is 2.60. The summed E-state index contributed by atoms with van der Waals surface area (Å²) in [6, 6.07) is 2.12. The van der Waals surface area contributed by atoms with E-state index in [9.17, 15) is 4.79 Å². The molecule has 3 heteroatoms. The molecule has 0 spiro atoms. The van der Waals surface area contributed by atoms with Crippen molar-refractivity contribution in [2.75, 3.05) is 0 Å². The fraction of sp³-hybridized carbons (Fsp3) is 0.778. The smallest absolute Gasteiger partial charge is 0.144 e. The van der Waals surface area contributed by atoms with Gasteiger partial charge in [0, 0.05) is 24.6 Å². The van der Waals surface area contributed by atoms with E-state index in [0.717, 1.165) is 35.6 Å². The molecule has 0 aliphatic heterocycles. The summed E-state index contributed by atoms with van der Waals surface area (Å²) in [6.45, 7) is 2.12. The first kappa shape index (κ1) is 13.5. The highest BCUT2D eigenvalue weighted by molar-refractivity contribution is 5.87. The van der Waals surface area contributed by atoms with E-state index in [4.69, 9.17) is 0 Å². The quantitative estimate of drug-likeness (QED) is 0.851. The van der Waals surface area contributed by atoms with Gasteiger partial charge >= 0.3 is 0 Å². The fourth-order valence-corrected chi connectivity index (χ4v) is 5.71. The molecule has 5 rings (SSSR count). The molecule has 4 aliphatic carbocycles. The molecule has 4 aliphatic rings. The van der Waals surface area contributed by atoms with Gasteiger partial charge < -0.3 is 0 Å². The lowest BCUT2D eigenvalue weighted by atomic mass is 9.48. The van der Waals surface area contributed by atoms with E-state index in [1.165, 1.54) is 38.5 Å². The van der Waals surface area contributed by atoms with Crippen LogP contribution in [0.3, 0.4) is 0 Å². The van der Waals surface area contributed by atoms with Crippen molar-refractivity contribution in [1.82, 2.24) is 9.78 Å². The third-order valence-corrected chi connectivity index (χ3v) is 6.36. The number of nitrogens with zero attached hydrogens (tertiary/aromatic N) is 2. The second-order valence-corrected chi connectivity index (χ2v) is 7.90. The van der Waals surface area contributed by atoms with E-state index < -0.39 is 0 Å². The molecule has 0 saturated heterocycles. The van der Waals surface area contributed by atoms with Crippen molar-refractivity contribution >= 4 is 5.78 Å². The van der Waals surface area contributed by atoms with Gasteiger partial charge in [-0.2, -0.15) is 5.10 Å². The van der Waals surface area contributed by atoms with Crippen LogP contribution < -0.4 is 0 Å². The standard InChI is InChI=1S/C18H26N2O/c1-3-15-7-16(20(2)19-15)8-17(21)18-9-12-4-13(10-18)6-14(5-12)11-18/h7,12-14H,3-6,8-11H2,1-2H3. The van der Waals surface area contributed by atoms with Gasteiger partial charge in [0.15, 0.2) is 0 Å². The monoisotopic (exact) mass is 286 g/mol. The number of rotatable bonds is 4. The Hall–Kier alpha value is -1.12. The molecule has 1 heterocycles. The van der Waals surface area contributed by atoms with E-state index in [-0.39, 0.29) is 5.41 Å². The minimum Gasteiger partial charge on any atom is -0.299 e. The maximum atomic E-state index is 13.1. The van der Waals surface area contributed by atoms with Gasteiger partial charge in [-0.25, -0.2) is 0 Å². The third-order valence-electron chi connectivity index (χ3n) is 6.36. The number of carbonyl (C=O) groups excluding carboxylic acids is 1. The van der Waals surface area contributed by atoms with Gasteiger partial charge in [-0.3, -0.25) is 9.48 Å². The molecule has 0 aromatic carbocycles. The summed E-state index contributed by atoms with van der Waals surface area (Å²) in [4.78, 5) is 13.1. The Morgan fingerprint density at radius 3 is 2.29 bits per heavy atom. The largest absolute Gasteiger partial charge is 0.299 e. The Morgan fingerprint density at radius 2 is 1.81 bits per heavy atom. The number of hydrogen-bond acceptors (Lipinski definition) is 2. The maximum Gasteiger partial charge on any atom is 0.144 e. The first-order chi connectivity index (χ1) is 10.1. The molecule has 0 unspecified atom stereocenters. The van der Waals surface area contributed by atoms with Gasteiger partial charge in [-0.05, 0) is 68.8 Å². The molecule has 3 nitrogen and oxygen atoms in total. The number of ketones is 1. The van der Waals surface area contributed by atoms with E-state index >= 15 is 0 Å². The number of hydrogen-bond donors (Lipinski definition) is 0. The topological polar surface area (TPSA) is 34.9 Å². The van der Waals surface area contributed by atoms with Gasteiger partial charge in [-0.1, -0.05) is 6.92 Å². The predicted octanol–water partition coefficient (Wildman–Crippen LogP) is 3.31. The summed E-state index contributed by atoms with van der Waals surface area (Å²) < 4.78 is 1.91. The lowest BCUT2D eigenvalue weighted by Crippen LogP contribution is -2.50. The molecule has 4 fully saturated rings. The van der Waals surface area contributed by atoms with Gasteiger partial charge in [0.25, 0.3) is 0 Å². The molecule has 114 valence electrons. The van der Waals surface area contributed by atoms with Crippen molar-refractivity contribution in [1.29, 1.82) is 0 Å². The van der Waals surface area contributed by atoms with Crippen LogP contribution in [0.25, 0.3) is 0 Å². The molecule has 21 heavy (non-hydrogen) atoms. The lowest BCUT2D eigenvalue weighted by molar-refractivity contribution is -0.143. The van der Waals surface area contributed by atoms with E-state index in [2.05, 4.69) is 18.1 Å². The Balaban J connectivity index is 1.56. The van der Waals surface area contributed by atoms with Crippen LogP contribution in [0.5, 0.6) is 0 Å². The molecule has 4 bridgehead atoms. The number of Topliss-reactive ketones (excluding diaryl/α,β-unsaturated/α-hetero) is 1. The van der Waals surface area contributed by atoms with Crippen molar-refractivity contribution in [2.45, 2.75) is 58.3 Å². The molecule has 0 amide bonds. The second-order valence-electron chi connectivity index (χ2n) is 7.90. The van der Waals surface area contributed by atoms with E-state index in [1.807, 2.05) is 11.7 Å². The SMILES string of the molecule is CCc1cc(CC(=O)C23CC4CC(CC(C4)C2)C3)n(C)n1. The van der Waals surface area contributed by atoms with Crippen molar-refractivity contribution < 1.29 is 4.79 Å². The maximum absolute atomic E-state index is 13.1. The van der Waals surface area contributed by atoms with Crippen molar-refractivity contribution in [3.8, 4) is 0 Å². The zero-order valence-corrected chi connectivity index (χ0v) is 13.3. The van der Waals surface area contributed by atoms with Crippen LogP contribution in [0.15, 0.2) is 6.07 Å². The van der Waals surface area contributed by atoms with Crippen LogP contribution in [0.1, 0.15) is 56.8 Å². The first-order valence-corrected chi connectivity index (χ1v) is 8.63.